The van der Waals surface area contributed by atoms with Gasteiger partial charge in [0.1, 0.15) is 5.69 Å². The Morgan fingerprint density at radius 2 is 2.24 bits per heavy atom. The zero-order valence-electron chi connectivity index (χ0n) is 12.3. The fourth-order valence-corrected chi connectivity index (χ4v) is 2.20. The Bertz CT molecular complexity index is 546. The van der Waals surface area contributed by atoms with Crippen molar-refractivity contribution >= 4 is 11.6 Å². The standard InChI is InChI=1S/C14H21N3O4/c1-14(2,5-6-18)9-15-13(19)12-7-11(17(20)21)8-16(12)10-3-4-10/h7-8,10,18H,3-6,9H2,1-2H3,(H,15,19). The number of aliphatic hydroxyl groups is 1. The van der Waals surface area contributed by atoms with E-state index in [2.05, 4.69) is 5.32 Å². The lowest BCUT2D eigenvalue weighted by Gasteiger charge is -2.23. The third kappa shape index (κ3) is 3.81. The van der Waals surface area contributed by atoms with Gasteiger partial charge in [-0.1, -0.05) is 13.8 Å². The summed E-state index contributed by atoms with van der Waals surface area (Å²) >= 11 is 0. The number of nitrogens with one attached hydrogen (secondary N) is 1. The summed E-state index contributed by atoms with van der Waals surface area (Å²) < 4.78 is 1.70. The van der Waals surface area contributed by atoms with Crippen LogP contribution in [0.15, 0.2) is 12.3 Å². The van der Waals surface area contributed by atoms with Gasteiger partial charge in [0.25, 0.3) is 11.6 Å². The minimum absolute atomic E-state index is 0.0540. The van der Waals surface area contributed by atoms with Crippen LogP contribution in [0.4, 0.5) is 5.69 Å². The molecular weight excluding hydrogens is 274 g/mol. The molecule has 1 amide bonds. The van der Waals surface area contributed by atoms with Crippen LogP contribution in [0.1, 0.15) is 49.6 Å². The van der Waals surface area contributed by atoms with Crippen LogP contribution in [0.25, 0.3) is 0 Å². The second kappa shape index (κ2) is 5.85. The molecule has 2 rings (SSSR count). The van der Waals surface area contributed by atoms with Crippen molar-refractivity contribution in [1.29, 1.82) is 0 Å². The minimum Gasteiger partial charge on any atom is -0.396 e. The average Bonchev–Trinajstić information content (AvgIpc) is 3.14. The van der Waals surface area contributed by atoms with Crippen LogP contribution in [0.3, 0.4) is 0 Å². The number of hydrogen-bond donors (Lipinski definition) is 2. The lowest BCUT2D eigenvalue weighted by molar-refractivity contribution is -0.384. The molecule has 1 fully saturated rings. The number of aliphatic hydroxyl groups excluding tert-OH is 1. The molecule has 0 bridgehead atoms. The minimum atomic E-state index is -0.481. The molecule has 1 aromatic heterocycles. The predicted molar refractivity (Wildman–Crippen MR) is 77.2 cm³/mol. The molecule has 21 heavy (non-hydrogen) atoms. The fourth-order valence-electron chi connectivity index (χ4n) is 2.20. The Morgan fingerprint density at radius 3 is 2.76 bits per heavy atom. The smallest absolute Gasteiger partial charge is 0.287 e. The van der Waals surface area contributed by atoms with E-state index in [4.69, 9.17) is 5.11 Å². The maximum absolute atomic E-state index is 12.3. The van der Waals surface area contributed by atoms with Crippen molar-refractivity contribution in [2.45, 2.75) is 39.2 Å². The van der Waals surface area contributed by atoms with Gasteiger partial charge in [-0.3, -0.25) is 14.9 Å². The number of nitrogens with zero attached hydrogens (tertiary/aromatic N) is 2. The molecule has 0 aromatic carbocycles. The molecule has 0 atom stereocenters. The van der Waals surface area contributed by atoms with Gasteiger partial charge in [-0.15, -0.1) is 0 Å². The maximum Gasteiger partial charge on any atom is 0.287 e. The van der Waals surface area contributed by atoms with E-state index in [0.717, 1.165) is 12.8 Å². The molecule has 1 aromatic rings. The second-order valence-corrected chi connectivity index (χ2v) is 6.30. The number of amides is 1. The van der Waals surface area contributed by atoms with E-state index in [-0.39, 0.29) is 29.7 Å². The van der Waals surface area contributed by atoms with Crippen LogP contribution >= 0.6 is 0 Å². The van der Waals surface area contributed by atoms with E-state index in [1.165, 1.54) is 12.3 Å². The van der Waals surface area contributed by atoms with Crippen LogP contribution < -0.4 is 5.32 Å². The first kappa shape index (κ1) is 15.5. The molecule has 0 aliphatic heterocycles. The molecule has 1 saturated carbocycles. The van der Waals surface area contributed by atoms with Gasteiger partial charge >= 0.3 is 0 Å². The molecule has 0 saturated heterocycles. The van der Waals surface area contributed by atoms with Crippen LogP contribution in [0.2, 0.25) is 0 Å². The number of carbonyl (C=O) groups is 1. The number of aromatic nitrogens is 1. The van der Waals surface area contributed by atoms with Crippen molar-refractivity contribution in [1.82, 2.24) is 9.88 Å². The van der Waals surface area contributed by atoms with Crippen molar-refractivity contribution < 1.29 is 14.8 Å². The molecule has 0 radical (unpaired) electrons. The van der Waals surface area contributed by atoms with Gasteiger partial charge in [0, 0.05) is 25.3 Å². The van der Waals surface area contributed by atoms with Crippen molar-refractivity contribution in [3.8, 4) is 0 Å². The van der Waals surface area contributed by atoms with E-state index in [9.17, 15) is 14.9 Å². The van der Waals surface area contributed by atoms with E-state index in [1.54, 1.807) is 4.57 Å². The Labute approximate surface area is 123 Å². The molecule has 7 nitrogen and oxygen atoms in total. The van der Waals surface area contributed by atoms with E-state index in [1.807, 2.05) is 13.8 Å². The monoisotopic (exact) mass is 295 g/mol. The summed E-state index contributed by atoms with van der Waals surface area (Å²) in [6.45, 7) is 4.38. The van der Waals surface area contributed by atoms with Crippen molar-refractivity contribution in [3.63, 3.8) is 0 Å². The summed E-state index contributed by atoms with van der Waals surface area (Å²) in [6, 6.07) is 1.53. The third-order valence-electron chi connectivity index (χ3n) is 3.73. The molecule has 2 N–H and O–H groups in total. The Hall–Kier alpha value is -1.89. The Morgan fingerprint density at radius 1 is 1.57 bits per heavy atom. The zero-order valence-corrected chi connectivity index (χ0v) is 12.3. The molecule has 0 unspecified atom stereocenters. The van der Waals surface area contributed by atoms with Gasteiger partial charge in [0.15, 0.2) is 0 Å². The highest BCUT2D eigenvalue weighted by Gasteiger charge is 2.30. The summed E-state index contributed by atoms with van der Waals surface area (Å²) in [4.78, 5) is 22.7. The Kier molecular flexibility index (Phi) is 4.32. The number of hydrogen-bond acceptors (Lipinski definition) is 4. The zero-order chi connectivity index (χ0) is 15.6. The first-order valence-corrected chi connectivity index (χ1v) is 7.09. The summed E-state index contributed by atoms with van der Waals surface area (Å²) in [7, 11) is 0. The van der Waals surface area contributed by atoms with Gasteiger partial charge in [0.05, 0.1) is 11.1 Å². The number of nitro groups is 1. The van der Waals surface area contributed by atoms with Gasteiger partial charge in [-0.2, -0.15) is 0 Å². The predicted octanol–water partition coefficient (Wildman–Crippen LogP) is 1.87. The van der Waals surface area contributed by atoms with Crippen molar-refractivity contribution in [2.24, 2.45) is 5.41 Å². The highest BCUT2D eigenvalue weighted by Crippen LogP contribution is 2.37. The van der Waals surface area contributed by atoms with Crippen molar-refractivity contribution in [3.05, 3.63) is 28.1 Å². The molecule has 7 heteroatoms. The van der Waals surface area contributed by atoms with Gasteiger partial charge in [-0.05, 0) is 24.7 Å². The molecule has 1 heterocycles. The molecule has 0 spiro atoms. The fraction of sp³-hybridized carbons (Fsp3) is 0.643. The van der Waals surface area contributed by atoms with Crippen LogP contribution in [-0.4, -0.2) is 33.7 Å². The molecule has 1 aliphatic carbocycles. The largest absolute Gasteiger partial charge is 0.396 e. The van der Waals surface area contributed by atoms with Crippen LogP contribution in [0.5, 0.6) is 0 Å². The van der Waals surface area contributed by atoms with Crippen LogP contribution in [0, 0.1) is 15.5 Å². The average molecular weight is 295 g/mol. The topological polar surface area (TPSA) is 97.4 Å². The first-order valence-electron chi connectivity index (χ1n) is 7.09. The summed E-state index contributed by atoms with van der Waals surface area (Å²) in [5, 5.41) is 22.7. The summed E-state index contributed by atoms with van der Waals surface area (Å²) in [6.07, 6.45) is 3.91. The van der Waals surface area contributed by atoms with E-state index in [0.29, 0.717) is 18.7 Å². The highest BCUT2D eigenvalue weighted by molar-refractivity contribution is 5.93. The summed E-state index contributed by atoms with van der Waals surface area (Å²) in [5.41, 5.74) is 0.0681. The lowest BCUT2D eigenvalue weighted by Crippen LogP contribution is -2.35. The highest BCUT2D eigenvalue weighted by atomic mass is 16.6. The normalized spacial score (nSPS) is 15.0. The quantitative estimate of drug-likeness (QED) is 0.592. The van der Waals surface area contributed by atoms with E-state index >= 15 is 0 Å². The van der Waals surface area contributed by atoms with Gasteiger partial charge < -0.3 is 15.0 Å². The summed E-state index contributed by atoms with van der Waals surface area (Å²) in [5.74, 6) is -0.305. The third-order valence-corrected chi connectivity index (χ3v) is 3.73. The Balaban J connectivity index is 2.09. The maximum atomic E-state index is 12.3. The van der Waals surface area contributed by atoms with Crippen LogP contribution in [-0.2, 0) is 0 Å². The van der Waals surface area contributed by atoms with Crippen molar-refractivity contribution in [2.75, 3.05) is 13.2 Å². The first-order chi connectivity index (χ1) is 9.84. The number of carbonyl (C=O) groups excluding carboxylic acids is 1. The van der Waals surface area contributed by atoms with Gasteiger partial charge in [-0.25, -0.2) is 0 Å². The van der Waals surface area contributed by atoms with Gasteiger partial charge in [0.2, 0.25) is 0 Å². The number of rotatable bonds is 7. The molecular formula is C14H21N3O4. The second-order valence-electron chi connectivity index (χ2n) is 6.30. The lowest BCUT2D eigenvalue weighted by atomic mass is 9.90. The SMILES string of the molecule is CC(C)(CCO)CNC(=O)c1cc([N+](=O)[O-])cn1C1CC1. The molecule has 116 valence electrons. The van der Waals surface area contributed by atoms with E-state index < -0.39 is 4.92 Å². The molecule has 1 aliphatic rings.